The summed E-state index contributed by atoms with van der Waals surface area (Å²) in [5.41, 5.74) is 1.09. The number of rotatable bonds is 2. The molecule has 144 valence electrons. The molecule has 3 atom stereocenters. The van der Waals surface area contributed by atoms with E-state index in [0.717, 1.165) is 12.3 Å². The maximum atomic E-state index is 10.1. The zero-order chi connectivity index (χ0) is 19.8. The van der Waals surface area contributed by atoms with Gasteiger partial charge in [0.2, 0.25) is 0 Å². The number of hydrogen-bond donors (Lipinski definition) is 2. The molecular weight excluding hydrogens is 347 g/mol. The summed E-state index contributed by atoms with van der Waals surface area (Å²) in [7, 11) is 0. The Morgan fingerprint density at radius 1 is 0.893 bits per heavy atom. The third-order valence-electron chi connectivity index (χ3n) is 5.31. The van der Waals surface area contributed by atoms with Crippen LogP contribution in [0.15, 0.2) is 54.6 Å². The van der Waals surface area contributed by atoms with Gasteiger partial charge in [-0.25, -0.2) is 0 Å². The maximum Gasteiger partial charge on any atom is 0.130 e. The smallest absolute Gasteiger partial charge is 0.130 e. The molecule has 1 saturated heterocycles. The van der Waals surface area contributed by atoms with E-state index in [1.54, 1.807) is 0 Å². The van der Waals surface area contributed by atoms with Gasteiger partial charge in [0.25, 0.3) is 0 Å². The third kappa shape index (κ3) is 3.37. The quantitative estimate of drug-likeness (QED) is 0.377. The number of aliphatic hydroxyl groups excluding tert-OH is 2. The lowest BCUT2D eigenvalue weighted by Gasteiger charge is -2.18. The Kier molecular flexibility index (Phi) is 5.28. The normalized spacial score (nSPS) is 22.0. The Bertz CT molecular complexity index is 1070. The Morgan fingerprint density at radius 2 is 1.46 bits per heavy atom. The SMILES string of the molecule is CB(C)C.OC[C@H]1O[C@@H](c2ccc3ccc4cccc5ccc2c3c45)C[C@H]1O. The van der Waals surface area contributed by atoms with Crippen LogP contribution in [0.4, 0.5) is 0 Å². The Balaban J connectivity index is 0.000000442. The fraction of sp³-hybridized carbons (Fsp3) is 0.333. The minimum Gasteiger partial charge on any atom is -0.394 e. The molecule has 0 amide bonds. The van der Waals surface area contributed by atoms with Crippen LogP contribution in [-0.4, -0.2) is 35.7 Å². The molecule has 0 bridgehead atoms. The van der Waals surface area contributed by atoms with Crippen LogP contribution in [0.2, 0.25) is 20.5 Å². The average molecular weight is 374 g/mol. The second-order valence-corrected chi connectivity index (χ2v) is 8.39. The molecule has 4 heteroatoms. The number of ether oxygens (including phenoxy) is 1. The molecule has 0 spiro atoms. The molecule has 4 aromatic rings. The van der Waals surface area contributed by atoms with Gasteiger partial charge < -0.3 is 14.9 Å². The number of benzene rings is 4. The average Bonchev–Trinajstić information content (AvgIpc) is 3.06. The summed E-state index contributed by atoms with van der Waals surface area (Å²) in [6.45, 7) is 7.18. The van der Waals surface area contributed by atoms with Crippen molar-refractivity contribution in [2.24, 2.45) is 0 Å². The molecule has 1 aliphatic heterocycles. The Labute approximate surface area is 166 Å². The summed E-state index contributed by atoms with van der Waals surface area (Å²) in [6.07, 6.45) is -0.760. The first kappa shape index (κ1) is 19.2. The Hall–Kier alpha value is -2.14. The third-order valence-corrected chi connectivity index (χ3v) is 5.31. The zero-order valence-corrected chi connectivity index (χ0v) is 16.7. The van der Waals surface area contributed by atoms with Crippen LogP contribution in [0.3, 0.4) is 0 Å². The van der Waals surface area contributed by atoms with E-state index in [4.69, 9.17) is 4.74 Å². The molecule has 0 aliphatic carbocycles. The van der Waals surface area contributed by atoms with Gasteiger partial charge in [-0.15, -0.1) is 0 Å². The Morgan fingerprint density at radius 3 is 2.07 bits per heavy atom. The zero-order valence-electron chi connectivity index (χ0n) is 16.7. The van der Waals surface area contributed by atoms with Crippen molar-refractivity contribution in [1.29, 1.82) is 0 Å². The lowest BCUT2D eigenvalue weighted by molar-refractivity contribution is -0.0222. The van der Waals surface area contributed by atoms with Crippen molar-refractivity contribution in [2.75, 3.05) is 6.61 Å². The highest BCUT2D eigenvalue weighted by atomic mass is 16.5. The van der Waals surface area contributed by atoms with Crippen molar-refractivity contribution < 1.29 is 14.9 Å². The van der Waals surface area contributed by atoms with Gasteiger partial charge >= 0.3 is 0 Å². The van der Waals surface area contributed by atoms with E-state index in [-0.39, 0.29) is 12.7 Å². The standard InChI is InChI=1S/C21H18O3.C3H9B/c22-11-19-17(23)10-18(24-19)15-8-6-14-5-4-12-2-1-3-13-7-9-16(15)21(14)20(12)13;1-4(2)3/h1-9,17-19,22-23H,10-11H2;1-3H3/t17-,18-,19-;/m1./s1. The monoisotopic (exact) mass is 374 g/mol. The van der Waals surface area contributed by atoms with Crippen LogP contribution in [0.25, 0.3) is 32.3 Å². The highest BCUT2D eigenvalue weighted by Crippen LogP contribution is 2.41. The second kappa shape index (κ2) is 7.71. The van der Waals surface area contributed by atoms with Gasteiger partial charge in [-0.1, -0.05) is 75.1 Å². The molecule has 3 nitrogen and oxygen atoms in total. The number of hydrogen-bond acceptors (Lipinski definition) is 3. The van der Waals surface area contributed by atoms with Crippen molar-refractivity contribution >= 4 is 39.0 Å². The summed E-state index contributed by atoms with van der Waals surface area (Å²) >= 11 is 0. The van der Waals surface area contributed by atoms with E-state index in [9.17, 15) is 10.2 Å². The van der Waals surface area contributed by atoms with Crippen LogP contribution >= 0.6 is 0 Å². The highest BCUT2D eigenvalue weighted by Gasteiger charge is 2.35. The molecule has 5 rings (SSSR count). The largest absolute Gasteiger partial charge is 0.394 e. The van der Waals surface area contributed by atoms with Gasteiger partial charge in [0.05, 0.1) is 18.8 Å². The minimum atomic E-state index is -0.612. The summed E-state index contributed by atoms with van der Waals surface area (Å²) in [4.78, 5) is 0. The van der Waals surface area contributed by atoms with Crippen LogP contribution in [0.1, 0.15) is 18.1 Å². The van der Waals surface area contributed by atoms with Crippen LogP contribution in [-0.2, 0) is 4.74 Å². The molecule has 4 aromatic carbocycles. The lowest BCUT2D eigenvalue weighted by Crippen LogP contribution is -2.24. The van der Waals surface area contributed by atoms with Crippen LogP contribution in [0.5, 0.6) is 0 Å². The molecule has 0 radical (unpaired) electrons. The number of aliphatic hydroxyl groups is 2. The molecule has 28 heavy (non-hydrogen) atoms. The maximum absolute atomic E-state index is 10.1. The fourth-order valence-corrected chi connectivity index (χ4v) is 4.13. The van der Waals surface area contributed by atoms with E-state index in [2.05, 4.69) is 75.1 Å². The lowest BCUT2D eigenvalue weighted by atomic mass is 9.58. The van der Waals surface area contributed by atoms with Crippen molar-refractivity contribution in [3.05, 3.63) is 60.2 Å². The van der Waals surface area contributed by atoms with Crippen molar-refractivity contribution in [3.8, 4) is 0 Å². The van der Waals surface area contributed by atoms with E-state index >= 15 is 0 Å². The predicted molar refractivity (Wildman–Crippen MR) is 119 cm³/mol. The minimum absolute atomic E-state index is 0.149. The molecule has 0 saturated carbocycles. The predicted octanol–water partition coefficient (Wildman–Crippen LogP) is 5.14. The van der Waals surface area contributed by atoms with E-state index < -0.39 is 12.2 Å². The van der Waals surface area contributed by atoms with Crippen molar-refractivity contribution in [1.82, 2.24) is 0 Å². The molecule has 0 aromatic heterocycles. The van der Waals surface area contributed by atoms with E-state index in [1.165, 1.54) is 32.3 Å². The van der Waals surface area contributed by atoms with Gasteiger partial charge in [0.15, 0.2) is 0 Å². The molecule has 1 heterocycles. The summed E-state index contributed by atoms with van der Waals surface area (Å²) in [5.74, 6) is 0. The summed E-state index contributed by atoms with van der Waals surface area (Å²) < 4.78 is 5.90. The van der Waals surface area contributed by atoms with Gasteiger partial charge in [-0.2, -0.15) is 0 Å². The topological polar surface area (TPSA) is 49.7 Å². The first-order valence-corrected chi connectivity index (χ1v) is 10.1. The van der Waals surface area contributed by atoms with Gasteiger partial charge in [0, 0.05) is 6.42 Å². The molecular formula is C24H27BO3. The van der Waals surface area contributed by atoms with Crippen molar-refractivity contribution in [3.63, 3.8) is 0 Å². The first-order valence-electron chi connectivity index (χ1n) is 10.1. The molecule has 0 unspecified atom stereocenters. The van der Waals surface area contributed by atoms with Gasteiger partial charge in [-0.3, -0.25) is 0 Å². The van der Waals surface area contributed by atoms with Crippen LogP contribution < -0.4 is 0 Å². The fourth-order valence-electron chi connectivity index (χ4n) is 4.13. The molecule has 1 aliphatic rings. The van der Waals surface area contributed by atoms with Gasteiger partial charge in [0.1, 0.15) is 12.8 Å². The summed E-state index contributed by atoms with van der Waals surface area (Å²) in [5, 5.41) is 26.8. The van der Waals surface area contributed by atoms with Crippen LogP contribution in [0, 0.1) is 0 Å². The second-order valence-electron chi connectivity index (χ2n) is 8.39. The molecule has 1 fully saturated rings. The van der Waals surface area contributed by atoms with E-state index in [0.29, 0.717) is 6.42 Å². The molecule has 2 N–H and O–H groups in total. The first-order chi connectivity index (χ1) is 13.5. The summed E-state index contributed by atoms with van der Waals surface area (Å²) in [6, 6.07) is 19.2. The van der Waals surface area contributed by atoms with Crippen molar-refractivity contribution in [2.45, 2.75) is 45.2 Å². The van der Waals surface area contributed by atoms with Gasteiger partial charge in [-0.05, 0) is 37.9 Å². The highest BCUT2D eigenvalue weighted by molar-refractivity contribution is 6.54. The van der Waals surface area contributed by atoms with E-state index in [1.807, 2.05) is 0 Å².